The first-order chi connectivity index (χ1) is 9.62. The van der Waals surface area contributed by atoms with Gasteiger partial charge in [0.1, 0.15) is 0 Å². The molecule has 2 rings (SSSR count). The molecule has 1 atom stereocenters. The van der Waals surface area contributed by atoms with Gasteiger partial charge in [0.05, 0.1) is 10.5 Å². The number of benzene rings is 1. The Morgan fingerprint density at radius 2 is 2.00 bits per heavy atom. The molecule has 1 aliphatic rings. The van der Waals surface area contributed by atoms with Gasteiger partial charge in [0.25, 0.3) is 0 Å². The van der Waals surface area contributed by atoms with E-state index in [0.717, 1.165) is 24.6 Å². The van der Waals surface area contributed by atoms with Crippen LogP contribution in [0.3, 0.4) is 0 Å². The van der Waals surface area contributed by atoms with E-state index in [-0.39, 0.29) is 23.0 Å². The maximum atomic E-state index is 12.6. The summed E-state index contributed by atoms with van der Waals surface area (Å²) < 4.78 is 64.1. The van der Waals surface area contributed by atoms with Crippen molar-refractivity contribution in [2.45, 2.75) is 36.9 Å². The average molecular weight is 322 g/mol. The fourth-order valence-electron chi connectivity index (χ4n) is 2.45. The van der Waals surface area contributed by atoms with Crippen molar-refractivity contribution in [1.29, 1.82) is 0 Å². The molecule has 1 fully saturated rings. The highest BCUT2D eigenvalue weighted by atomic mass is 32.2. The van der Waals surface area contributed by atoms with Crippen molar-refractivity contribution in [1.82, 2.24) is 4.31 Å². The lowest BCUT2D eigenvalue weighted by atomic mass is 10.1. The summed E-state index contributed by atoms with van der Waals surface area (Å²) in [6.45, 7) is 1.91. The van der Waals surface area contributed by atoms with Crippen molar-refractivity contribution < 1.29 is 21.6 Å². The highest BCUT2D eigenvalue weighted by Gasteiger charge is 2.34. The van der Waals surface area contributed by atoms with Crippen molar-refractivity contribution >= 4 is 10.0 Å². The Morgan fingerprint density at radius 3 is 2.52 bits per heavy atom. The van der Waals surface area contributed by atoms with E-state index in [1.165, 1.54) is 11.2 Å². The van der Waals surface area contributed by atoms with Crippen LogP contribution in [0.5, 0.6) is 0 Å². The number of nitrogens with two attached hydrogens (primary N) is 1. The number of halogens is 3. The van der Waals surface area contributed by atoms with Crippen LogP contribution in [0, 0.1) is 6.92 Å². The van der Waals surface area contributed by atoms with E-state index in [0.29, 0.717) is 13.0 Å². The number of sulfonamides is 1. The van der Waals surface area contributed by atoms with Gasteiger partial charge in [-0.05, 0) is 43.5 Å². The molecule has 4 nitrogen and oxygen atoms in total. The molecule has 0 aliphatic carbocycles. The Labute approximate surface area is 121 Å². The summed E-state index contributed by atoms with van der Waals surface area (Å²) in [5.74, 6) is 0. The number of alkyl halides is 3. The first-order valence-corrected chi connectivity index (χ1v) is 8.00. The number of hydrogen-bond acceptors (Lipinski definition) is 3. The van der Waals surface area contributed by atoms with Crippen LogP contribution in [-0.2, 0) is 16.2 Å². The van der Waals surface area contributed by atoms with Crippen molar-refractivity contribution in [2.75, 3.05) is 13.1 Å². The molecule has 1 aromatic rings. The van der Waals surface area contributed by atoms with E-state index >= 15 is 0 Å². The van der Waals surface area contributed by atoms with Gasteiger partial charge in [-0.15, -0.1) is 0 Å². The van der Waals surface area contributed by atoms with E-state index in [2.05, 4.69) is 0 Å². The summed E-state index contributed by atoms with van der Waals surface area (Å²) in [6, 6.07) is 2.44. The standard InChI is InChI=1S/C13H17F3N2O2S/c1-9-7-10(13(14,15)16)4-5-12(9)21(19,20)18-6-2-3-11(17)8-18/h4-5,7,11H,2-3,6,8,17H2,1H3. The first-order valence-electron chi connectivity index (χ1n) is 6.56. The van der Waals surface area contributed by atoms with Gasteiger partial charge >= 0.3 is 6.18 Å². The van der Waals surface area contributed by atoms with Crippen LogP contribution in [0.2, 0.25) is 0 Å². The normalized spacial score (nSPS) is 21.5. The van der Waals surface area contributed by atoms with E-state index in [1.54, 1.807) is 0 Å². The molecule has 0 aromatic heterocycles. The molecule has 8 heteroatoms. The number of nitrogens with zero attached hydrogens (tertiary/aromatic N) is 1. The maximum absolute atomic E-state index is 12.6. The van der Waals surface area contributed by atoms with E-state index in [9.17, 15) is 21.6 Å². The predicted molar refractivity (Wildman–Crippen MR) is 72.1 cm³/mol. The van der Waals surface area contributed by atoms with Gasteiger partial charge in [0.15, 0.2) is 0 Å². The van der Waals surface area contributed by atoms with Gasteiger partial charge in [0, 0.05) is 19.1 Å². The van der Waals surface area contributed by atoms with Crippen molar-refractivity contribution in [3.8, 4) is 0 Å². The largest absolute Gasteiger partial charge is 0.416 e. The molecule has 0 saturated carbocycles. The topological polar surface area (TPSA) is 63.4 Å². The number of piperidine rings is 1. The Balaban J connectivity index is 2.37. The summed E-state index contributed by atoms with van der Waals surface area (Å²) in [4.78, 5) is -0.0930. The second kappa shape index (κ2) is 5.58. The van der Waals surface area contributed by atoms with E-state index in [4.69, 9.17) is 5.73 Å². The molecular weight excluding hydrogens is 305 g/mol. The fraction of sp³-hybridized carbons (Fsp3) is 0.538. The molecule has 21 heavy (non-hydrogen) atoms. The minimum atomic E-state index is -4.49. The van der Waals surface area contributed by atoms with Gasteiger partial charge in [0.2, 0.25) is 10.0 Å². The van der Waals surface area contributed by atoms with Crippen molar-refractivity contribution in [3.05, 3.63) is 29.3 Å². The van der Waals surface area contributed by atoms with Crippen LogP contribution < -0.4 is 5.73 Å². The third kappa shape index (κ3) is 3.38. The third-order valence-electron chi connectivity index (χ3n) is 3.54. The summed E-state index contributed by atoms with van der Waals surface area (Å²) >= 11 is 0. The molecule has 118 valence electrons. The lowest BCUT2D eigenvalue weighted by Gasteiger charge is -2.30. The zero-order chi connectivity index (χ0) is 15.8. The summed E-state index contributed by atoms with van der Waals surface area (Å²) in [7, 11) is -3.80. The Bertz CT molecular complexity index is 629. The Morgan fingerprint density at radius 1 is 1.33 bits per heavy atom. The lowest BCUT2D eigenvalue weighted by Crippen LogP contribution is -2.45. The SMILES string of the molecule is Cc1cc(C(F)(F)F)ccc1S(=O)(=O)N1CCCC(N)C1. The quantitative estimate of drug-likeness (QED) is 0.907. The second-order valence-electron chi connectivity index (χ2n) is 5.24. The summed E-state index contributed by atoms with van der Waals surface area (Å²) in [6.07, 6.45) is -3.08. The molecule has 0 spiro atoms. The number of rotatable bonds is 2. The minimum Gasteiger partial charge on any atom is -0.327 e. The molecular formula is C13H17F3N2O2S. The van der Waals surface area contributed by atoms with Gasteiger partial charge in [-0.1, -0.05) is 0 Å². The molecule has 1 aromatic carbocycles. The van der Waals surface area contributed by atoms with Crippen LogP contribution in [0.4, 0.5) is 13.2 Å². The molecule has 2 N–H and O–H groups in total. The lowest BCUT2D eigenvalue weighted by molar-refractivity contribution is -0.137. The Hall–Kier alpha value is -1.12. The zero-order valence-corrected chi connectivity index (χ0v) is 12.3. The molecule has 1 unspecified atom stereocenters. The highest BCUT2D eigenvalue weighted by molar-refractivity contribution is 7.89. The third-order valence-corrected chi connectivity index (χ3v) is 5.57. The number of aryl methyl sites for hydroxylation is 1. The highest BCUT2D eigenvalue weighted by Crippen LogP contribution is 2.32. The van der Waals surface area contributed by atoms with Crippen molar-refractivity contribution in [3.63, 3.8) is 0 Å². The molecule has 0 bridgehead atoms. The Kier molecular flexibility index (Phi) is 4.32. The summed E-state index contributed by atoms with van der Waals surface area (Å²) in [5.41, 5.74) is 5.00. The molecule has 1 heterocycles. The molecule has 1 aliphatic heterocycles. The van der Waals surface area contributed by atoms with Gasteiger partial charge < -0.3 is 5.73 Å². The van der Waals surface area contributed by atoms with Crippen molar-refractivity contribution in [2.24, 2.45) is 5.73 Å². The van der Waals surface area contributed by atoms with E-state index in [1.807, 2.05) is 0 Å². The van der Waals surface area contributed by atoms with Gasteiger partial charge in [-0.3, -0.25) is 0 Å². The van der Waals surface area contributed by atoms with Gasteiger partial charge in [-0.2, -0.15) is 17.5 Å². The summed E-state index contributed by atoms with van der Waals surface area (Å²) in [5, 5.41) is 0. The minimum absolute atomic E-state index is 0.0870. The predicted octanol–water partition coefficient (Wildman–Crippen LogP) is 2.13. The second-order valence-corrected chi connectivity index (χ2v) is 7.15. The van der Waals surface area contributed by atoms with Crippen LogP contribution in [0.15, 0.2) is 23.1 Å². The molecule has 0 amide bonds. The zero-order valence-electron chi connectivity index (χ0n) is 11.5. The van der Waals surface area contributed by atoms with Crippen LogP contribution in [0.25, 0.3) is 0 Å². The van der Waals surface area contributed by atoms with E-state index < -0.39 is 21.8 Å². The first kappa shape index (κ1) is 16.3. The molecule has 0 radical (unpaired) electrons. The van der Waals surface area contributed by atoms with Gasteiger partial charge in [-0.25, -0.2) is 8.42 Å². The monoisotopic (exact) mass is 322 g/mol. The molecule has 1 saturated heterocycles. The fourth-order valence-corrected chi connectivity index (χ4v) is 4.19. The van der Waals surface area contributed by atoms with Crippen LogP contribution in [-0.4, -0.2) is 31.9 Å². The maximum Gasteiger partial charge on any atom is 0.416 e. The van der Waals surface area contributed by atoms with Crippen LogP contribution >= 0.6 is 0 Å². The van der Waals surface area contributed by atoms with Crippen LogP contribution in [0.1, 0.15) is 24.0 Å². The average Bonchev–Trinajstić information content (AvgIpc) is 2.37. The smallest absolute Gasteiger partial charge is 0.327 e. The number of hydrogen-bond donors (Lipinski definition) is 1.